The minimum atomic E-state index is -1.16. The summed E-state index contributed by atoms with van der Waals surface area (Å²) in [6.07, 6.45) is 5.38. The zero-order valence-corrected chi connectivity index (χ0v) is 24.0. The summed E-state index contributed by atoms with van der Waals surface area (Å²) in [5, 5.41) is 16.8. The van der Waals surface area contributed by atoms with Gasteiger partial charge in [0.2, 0.25) is 17.7 Å². The van der Waals surface area contributed by atoms with Crippen LogP contribution in [0.3, 0.4) is 0 Å². The third-order valence-corrected chi connectivity index (χ3v) is 10.0. The van der Waals surface area contributed by atoms with E-state index in [-0.39, 0.29) is 35.2 Å². The summed E-state index contributed by atoms with van der Waals surface area (Å²) < 4.78 is 6.62. The number of halogens is 1. The summed E-state index contributed by atoms with van der Waals surface area (Å²) in [7, 11) is 0. The fraction of sp³-hybridized carbons (Fsp3) is 0.516. The van der Waals surface area contributed by atoms with Crippen molar-refractivity contribution in [3.63, 3.8) is 0 Å². The van der Waals surface area contributed by atoms with E-state index in [1.54, 1.807) is 17.0 Å². The lowest BCUT2D eigenvalue weighted by Crippen LogP contribution is -2.59. The van der Waals surface area contributed by atoms with Crippen LogP contribution in [0.2, 0.25) is 0 Å². The zero-order chi connectivity index (χ0) is 27.9. The molecular weight excluding hydrogens is 574 g/mol. The van der Waals surface area contributed by atoms with Gasteiger partial charge in [-0.1, -0.05) is 83.7 Å². The first kappa shape index (κ1) is 27.4. The molecule has 3 heterocycles. The number of alkyl halides is 1. The Balaban J connectivity index is 1.36. The van der Waals surface area contributed by atoms with Gasteiger partial charge in [0.25, 0.3) is 0 Å². The molecule has 0 radical (unpaired) electrons. The Hall–Kier alpha value is -2.75. The van der Waals surface area contributed by atoms with Crippen LogP contribution in [0.15, 0.2) is 60.7 Å². The molecule has 9 heteroatoms. The van der Waals surface area contributed by atoms with E-state index in [2.05, 4.69) is 26.6 Å². The number of aliphatic hydroxyl groups excluding tert-OH is 1. The highest BCUT2D eigenvalue weighted by molar-refractivity contribution is 9.09. The summed E-state index contributed by atoms with van der Waals surface area (Å²) in [5.74, 6) is -2.43. The zero-order valence-electron chi connectivity index (χ0n) is 22.4. The van der Waals surface area contributed by atoms with Gasteiger partial charge in [0.15, 0.2) is 0 Å². The summed E-state index contributed by atoms with van der Waals surface area (Å²) >= 11 is 3.73. The number of rotatable bonds is 8. The second-order valence-corrected chi connectivity index (χ2v) is 12.8. The van der Waals surface area contributed by atoms with E-state index in [0.29, 0.717) is 18.5 Å². The van der Waals surface area contributed by atoms with Crippen LogP contribution in [-0.4, -0.2) is 69.0 Å². The second-order valence-electron chi connectivity index (χ2n) is 11.6. The van der Waals surface area contributed by atoms with Gasteiger partial charge >= 0.3 is 0 Å². The molecule has 7 atom stereocenters. The lowest BCUT2D eigenvalue weighted by Gasteiger charge is -2.38. The molecule has 1 aliphatic carbocycles. The van der Waals surface area contributed by atoms with E-state index in [9.17, 15) is 19.5 Å². The van der Waals surface area contributed by atoms with Crippen molar-refractivity contribution in [3.8, 4) is 0 Å². The number of ether oxygens (including phenoxy) is 1. The molecule has 3 saturated heterocycles. The molecule has 212 valence electrons. The first-order valence-electron chi connectivity index (χ1n) is 14.4. The van der Waals surface area contributed by atoms with Crippen LogP contribution in [0.4, 0.5) is 5.69 Å². The monoisotopic (exact) mass is 609 g/mol. The number of likely N-dealkylation sites (tertiary alicyclic amines) is 1. The van der Waals surface area contributed by atoms with Crippen LogP contribution in [0.5, 0.6) is 0 Å². The summed E-state index contributed by atoms with van der Waals surface area (Å²) in [6.45, 7) is -0.307. The number of aliphatic hydroxyl groups is 1. The van der Waals surface area contributed by atoms with Gasteiger partial charge in [-0.2, -0.15) is 0 Å². The largest absolute Gasteiger partial charge is 0.394 e. The number of nitrogens with one attached hydrogen (secondary N) is 2. The molecule has 3 aliphatic heterocycles. The molecule has 8 nitrogen and oxygen atoms in total. The van der Waals surface area contributed by atoms with E-state index in [0.717, 1.165) is 37.7 Å². The Morgan fingerprint density at radius 3 is 2.38 bits per heavy atom. The minimum absolute atomic E-state index is 0.0471. The maximum Gasteiger partial charge on any atom is 0.246 e. The van der Waals surface area contributed by atoms with E-state index < -0.39 is 35.6 Å². The van der Waals surface area contributed by atoms with E-state index in [1.165, 1.54) is 0 Å². The summed E-state index contributed by atoms with van der Waals surface area (Å²) in [6, 6.07) is 17.3. The van der Waals surface area contributed by atoms with Gasteiger partial charge in [-0.05, 0) is 43.4 Å². The maximum absolute atomic E-state index is 14.4. The molecule has 0 aromatic heterocycles. The number of nitrogens with zero attached hydrogens (tertiary/aromatic N) is 1. The van der Waals surface area contributed by atoms with Crippen LogP contribution < -0.4 is 10.6 Å². The Bertz CT molecular complexity index is 1240. The number of carbonyl (C=O) groups is 3. The van der Waals surface area contributed by atoms with E-state index >= 15 is 0 Å². The molecule has 6 rings (SSSR count). The van der Waals surface area contributed by atoms with Gasteiger partial charge < -0.3 is 25.4 Å². The maximum atomic E-state index is 14.4. The first-order valence-corrected chi connectivity index (χ1v) is 15.3. The smallest absolute Gasteiger partial charge is 0.246 e. The standard InChI is InChI=1S/C31H36BrN3O5/c32-23-17-31-25(24(26(23)40-31)28(37)33-20-12-6-2-7-13-20)30(39)35(22(18-36)16-19-10-4-1-5-11-19)27(31)29(38)34-21-14-8-3-9-15-21/h1-2,4-7,10-13,21-27,36H,3,8-9,14-18H2,(H,33,37)(H,34,38)/t22-,23?,24+,25+,26+,27?,31?/m1/s1. The number of carbonyl (C=O) groups excluding carboxylic acids is 3. The number of amides is 3. The highest BCUT2D eigenvalue weighted by Gasteiger charge is 2.77. The van der Waals surface area contributed by atoms with Crippen LogP contribution >= 0.6 is 15.9 Å². The van der Waals surface area contributed by atoms with Crippen molar-refractivity contribution in [2.75, 3.05) is 11.9 Å². The van der Waals surface area contributed by atoms with Gasteiger partial charge in [-0.15, -0.1) is 0 Å². The van der Waals surface area contributed by atoms with Gasteiger partial charge in [0, 0.05) is 16.6 Å². The molecule has 3 amide bonds. The number of fused-ring (bicyclic) bond motifs is 1. The van der Waals surface area contributed by atoms with Crippen LogP contribution in [0.25, 0.3) is 0 Å². The average molecular weight is 611 g/mol. The van der Waals surface area contributed by atoms with Crippen molar-refractivity contribution < 1.29 is 24.2 Å². The molecule has 3 unspecified atom stereocenters. The summed E-state index contributed by atoms with van der Waals surface area (Å²) in [4.78, 5) is 43.7. The Kier molecular flexibility index (Phi) is 7.72. The number of hydrogen-bond donors (Lipinski definition) is 3. The van der Waals surface area contributed by atoms with Gasteiger partial charge in [-0.3, -0.25) is 14.4 Å². The van der Waals surface area contributed by atoms with Gasteiger partial charge in [0.1, 0.15) is 11.6 Å². The fourth-order valence-corrected chi connectivity index (χ4v) is 8.41. The molecule has 2 bridgehead atoms. The van der Waals surface area contributed by atoms with Gasteiger partial charge in [0.05, 0.1) is 30.6 Å². The fourth-order valence-electron chi connectivity index (χ4n) is 7.47. The normalized spacial score (nSPS) is 32.1. The van der Waals surface area contributed by atoms with Crippen molar-refractivity contribution >= 4 is 39.3 Å². The third-order valence-electron chi connectivity index (χ3n) is 9.19. The highest BCUT2D eigenvalue weighted by Crippen LogP contribution is 2.60. The number of anilines is 1. The molecule has 2 aromatic rings. The van der Waals surface area contributed by atoms with Gasteiger partial charge in [-0.25, -0.2) is 0 Å². The lowest BCUT2D eigenvalue weighted by molar-refractivity contribution is -0.145. The summed E-state index contributed by atoms with van der Waals surface area (Å²) in [5.41, 5.74) is 0.441. The first-order chi connectivity index (χ1) is 19.4. The molecule has 40 heavy (non-hydrogen) atoms. The Morgan fingerprint density at radius 2 is 1.70 bits per heavy atom. The topological polar surface area (TPSA) is 108 Å². The van der Waals surface area contributed by atoms with Crippen molar-refractivity contribution in [2.24, 2.45) is 11.8 Å². The SMILES string of the molecule is O=C(NC1CCCCC1)C1N([C@@H](CO)Cc2ccccc2)C(=O)[C@@H]2[C@H](C(=O)Nc3ccccc3)[C@H]3OC12CC3Br. The second kappa shape index (κ2) is 11.3. The van der Waals surface area contributed by atoms with Crippen molar-refractivity contribution in [1.29, 1.82) is 0 Å². The number of benzene rings is 2. The molecule has 2 aromatic carbocycles. The van der Waals surface area contributed by atoms with E-state index in [1.807, 2.05) is 48.5 Å². The quantitative estimate of drug-likeness (QED) is 0.398. The van der Waals surface area contributed by atoms with Crippen LogP contribution in [-0.2, 0) is 25.5 Å². The third kappa shape index (κ3) is 4.76. The molecule has 4 fully saturated rings. The minimum Gasteiger partial charge on any atom is -0.394 e. The Labute approximate surface area is 243 Å². The number of hydrogen-bond acceptors (Lipinski definition) is 5. The molecule has 1 spiro atoms. The average Bonchev–Trinajstić information content (AvgIpc) is 3.56. The van der Waals surface area contributed by atoms with Crippen molar-refractivity contribution in [1.82, 2.24) is 10.2 Å². The lowest BCUT2D eigenvalue weighted by atomic mass is 9.70. The van der Waals surface area contributed by atoms with Crippen molar-refractivity contribution in [2.45, 2.75) is 79.6 Å². The van der Waals surface area contributed by atoms with Crippen molar-refractivity contribution in [3.05, 3.63) is 66.2 Å². The molecule has 4 aliphatic rings. The van der Waals surface area contributed by atoms with E-state index in [4.69, 9.17) is 4.74 Å². The van der Waals surface area contributed by atoms with Crippen LogP contribution in [0.1, 0.15) is 44.1 Å². The highest BCUT2D eigenvalue weighted by atomic mass is 79.9. The van der Waals surface area contributed by atoms with Crippen LogP contribution in [0, 0.1) is 11.8 Å². The predicted octanol–water partition coefficient (Wildman–Crippen LogP) is 3.43. The number of para-hydroxylation sites is 1. The Morgan fingerprint density at radius 1 is 1.02 bits per heavy atom. The predicted molar refractivity (Wildman–Crippen MR) is 154 cm³/mol. The molecule has 1 saturated carbocycles. The molecule has 3 N–H and O–H groups in total. The molecular formula is C31H36BrN3O5.